The highest BCUT2D eigenvalue weighted by atomic mass is 16.5. The van der Waals surface area contributed by atoms with Crippen LogP contribution in [0, 0.1) is 6.92 Å². The van der Waals surface area contributed by atoms with Crippen molar-refractivity contribution >= 4 is 28.8 Å². The first kappa shape index (κ1) is 21.6. The molecule has 3 rings (SSSR count). The van der Waals surface area contributed by atoms with E-state index in [1.165, 1.54) is 11.9 Å². The van der Waals surface area contributed by atoms with Crippen molar-refractivity contribution in [2.45, 2.75) is 13.8 Å². The summed E-state index contributed by atoms with van der Waals surface area (Å²) in [5.74, 6) is -0.659. The highest BCUT2D eigenvalue weighted by Crippen LogP contribution is 2.29. The van der Waals surface area contributed by atoms with Crippen LogP contribution in [0.3, 0.4) is 0 Å². The van der Waals surface area contributed by atoms with E-state index in [-0.39, 0.29) is 18.2 Å². The molecule has 1 aromatic heterocycles. The first-order chi connectivity index (χ1) is 14.4. The summed E-state index contributed by atoms with van der Waals surface area (Å²) in [6.45, 7) is 5.59. The van der Waals surface area contributed by atoms with Crippen LogP contribution in [-0.2, 0) is 19.1 Å². The van der Waals surface area contributed by atoms with Crippen LogP contribution >= 0.6 is 0 Å². The number of carbonyl (C=O) groups is 3. The smallest absolute Gasteiger partial charge is 0.375 e. The lowest BCUT2D eigenvalue weighted by molar-refractivity contribution is -0.143. The monoisotopic (exact) mass is 418 g/mol. The maximum absolute atomic E-state index is 12.4. The van der Waals surface area contributed by atoms with Crippen LogP contribution in [0.4, 0.5) is 0 Å². The number of benzene rings is 1. The Morgan fingerprint density at radius 1 is 1.20 bits per heavy atom. The first-order valence-corrected chi connectivity index (χ1v) is 9.83. The van der Waals surface area contributed by atoms with Gasteiger partial charge in [0.05, 0.1) is 26.4 Å². The molecule has 9 heteroatoms. The number of morpholine rings is 1. The van der Waals surface area contributed by atoms with Crippen molar-refractivity contribution in [1.29, 1.82) is 0 Å². The summed E-state index contributed by atoms with van der Waals surface area (Å²) in [5.41, 5.74) is 1.14. The molecule has 1 aliphatic rings. The van der Waals surface area contributed by atoms with Crippen molar-refractivity contribution in [2.75, 3.05) is 53.1 Å². The fourth-order valence-electron chi connectivity index (χ4n) is 3.16. The van der Waals surface area contributed by atoms with E-state index >= 15 is 0 Å². The van der Waals surface area contributed by atoms with E-state index in [9.17, 15) is 14.4 Å². The van der Waals surface area contributed by atoms with E-state index in [2.05, 4.69) is 0 Å². The number of nitrogens with zero attached hydrogens (tertiary/aromatic N) is 2. The van der Waals surface area contributed by atoms with E-state index in [4.69, 9.17) is 18.6 Å². The van der Waals surface area contributed by atoms with Crippen molar-refractivity contribution in [2.24, 2.45) is 0 Å². The van der Waals surface area contributed by atoms with E-state index in [1.54, 1.807) is 30.0 Å². The summed E-state index contributed by atoms with van der Waals surface area (Å²) >= 11 is 0. The Labute approximate surface area is 174 Å². The SMILES string of the molecule is CCOc1ccc2oc(C(=O)OCC(=O)N(C)CC(=O)N3CCOCC3)c(C)c2c1. The third-order valence-electron chi connectivity index (χ3n) is 4.89. The third kappa shape index (κ3) is 4.91. The molecular formula is C21H26N2O7. The van der Waals surface area contributed by atoms with Crippen molar-refractivity contribution in [3.8, 4) is 5.75 Å². The predicted octanol–water partition coefficient (Wildman–Crippen LogP) is 1.61. The lowest BCUT2D eigenvalue weighted by atomic mass is 10.1. The van der Waals surface area contributed by atoms with Crippen LogP contribution < -0.4 is 4.74 Å². The zero-order valence-corrected chi connectivity index (χ0v) is 17.4. The first-order valence-electron chi connectivity index (χ1n) is 9.83. The molecule has 1 aliphatic heterocycles. The molecule has 0 spiro atoms. The fraction of sp³-hybridized carbons (Fsp3) is 0.476. The molecule has 2 heterocycles. The van der Waals surface area contributed by atoms with Gasteiger partial charge in [0.15, 0.2) is 6.61 Å². The molecule has 2 aromatic rings. The standard InChI is InChI=1S/C21H26N2O7/c1-4-28-15-5-6-17-16(11-15)14(2)20(30-17)21(26)29-13-19(25)22(3)12-18(24)23-7-9-27-10-8-23/h5-6,11H,4,7-10,12-13H2,1-3H3. The Balaban J connectivity index is 1.57. The molecule has 0 saturated carbocycles. The summed E-state index contributed by atoms with van der Waals surface area (Å²) in [7, 11) is 1.50. The second-order valence-corrected chi connectivity index (χ2v) is 6.97. The van der Waals surface area contributed by atoms with Gasteiger partial charge >= 0.3 is 5.97 Å². The molecule has 0 unspecified atom stereocenters. The van der Waals surface area contributed by atoms with Crippen LogP contribution in [0.1, 0.15) is 23.0 Å². The van der Waals surface area contributed by atoms with E-state index in [0.29, 0.717) is 49.8 Å². The topological polar surface area (TPSA) is 98.5 Å². The Morgan fingerprint density at radius 3 is 2.63 bits per heavy atom. The Kier molecular flexibility index (Phi) is 6.94. The normalized spacial score (nSPS) is 13.9. The molecule has 0 atom stereocenters. The number of rotatable bonds is 7. The van der Waals surface area contributed by atoms with E-state index in [0.717, 1.165) is 5.39 Å². The van der Waals surface area contributed by atoms with Gasteiger partial charge in [-0.3, -0.25) is 9.59 Å². The van der Waals surface area contributed by atoms with Crippen molar-refractivity contribution in [3.63, 3.8) is 0 Å². The quantitative estimate of drug-likeness (QED) is 0.630. The van der Waals surface area contributed by atoms with E-state index < -0.39 is 18.5 Å². The molecule has 1 aromatic carbocycles. The maximum Gasteiger partial charge on any atom is 0.375 e. The van der Waals surface area contributed by atoms with Crippen LogP contribution in [0.2, 0.25) is 0 Å². The van der Waals surface area contributed by atoms with Crippen molar-refractivity contribution in [1.82, 2.24) is 9.80 Å². The van der Waals surface area contributed by atoms with Crippen molar-refractivity contribution in [3.05, 3.63) is 29.5 Å². The highest BCUT2D eigenvalue weighted by molar-refractivity contribution is 5.97. The van der Waals surface area contributed by atoms with Gasteiger partial charge in [-0.25, -0.2) is 4.79 Å². The minimum atomic E-state index is -0.733. The lowest BCUT2D eigenvalue weighted by Gasteiger charge is -2.28. The minimum absolute atomic E-state index is 0.0403. The Morgan fingerprint density at radius 2 is 1.93 bits per heavy atom. The number of fused-ring (bicyclic) bond motifs is 1. The summed E-state index contributed by atoms with van der Waals surface area (Å²) in [4.78, 5) is 39.8. The number of hydrogen-bond donors (Lipinski definition) is 0. The molecule has 1 saturated heterocycles. The third-order valence-corrected chi connectivity index (χ3v) is 4.89. The lowest BCUT2D eigenvalue weighted by Crippen LogP contribution is -2.46. The van der Waals surface area contributed by atoms with Gasteiger partial charge in [-0.05, 0) is 32.0 Å². The summed E-state index contributed by atoms with van der Waals surface area (Å²) in [6, 6.07) is 5.28. The van der Waals surface area contributed by atoms with Gasteiger partial charge in [-0.15, -0.1) is 0 Å². The van der Waals surface area contributed by atoms with Gasteiger partial charge < -0.3 is 28.4 Å². The molecule has 0 radical (unpaired) electrons. The minimum Gasteiger partial charge on any atom is -0.494 e. The zero-order valence-electron chi connectivity index (χ0n) is 17.4. The largest absolute Gasteiger partial charge is 0.494 e. The maximum atomic E-state index is 12.4. The van der Waals surface area contributed by atoms with Gasteiger partial charge in [-0.2, -0.15) is 0 Å². The number of esters is 1. The summed E-state index contributed by atoms with van der Waals surface area (Å²) in [5, 5.41) is 0.743. The number of amides is 2. The molecular weight excluding hydrogens is 392 g/mol. The molecule has 9 nitrogen and oxygen atoms in total. The number of carbonyl (C=O) groups excluding carboxylic acids is 3. The number of aryl methyl sites for hydroxylation is 1. The number of ether oxygens (including phenoxy) is 3. The van der Waals surface area contributed by atoms with Crippen LogP contribution in [0.25, 0.3) is 11.0 Å². The van der Waals surface area contributed by atoms with Gasteiger partial charge in [0.1, 0.15) is 11.3 Å². The average molecular weight is 418 g/mol. The van der Waals surface area contributed by atoms with Crippen LogP contribution in [0.5, 0.6) is 5.75 Å². The number of hydrogen-bond acceptors (Lipinski definition) is 7. The average Bonchev–Trinajstić information content (AvgIpc) is 3.08. The highest BCUT2D eigenvalue weighted by Gasteiger charge is 2.23. The molecule has 0 bridgehead atoms. The number of likely N-dealkylation sites (N-methyl/N-ethyl adjacent to an activating group) is 1. The van der Waals surface area contributed by atoms with Gasteiger partial charge in [0.25, 0.3) is 5.91 Å². The van der Waals surface area contributed by atoms with Crippen LogP contribution in [0.15, 0.2) is 22.6 Å². The number of furan rings is 1. The Bertz CT molecular complexity index is 931. The van der Waals surface area contributed by atoms with Gasteiger partial charge in [0, 0.05) is 31.1 Å². The molecule has 0 N–H and O–H groups in total. The van der Waals surface area contributed by atoms with Crippen LogP contribution in [-0.4, -0.2) is 80.7 Å². The summed E-state index contributed by atoms with van der Waals surface area (Å²) < 4.78 is 21.4. The molecule has 2 amide bonds. The predicted molar refractivity (Wildman–Crippen MR) is 107 cm³/mol. The van der Waals surface area contributed by atoms with Gasteiger partial charge in [-0.1, -0.05) is 0 Å². The molecule has 0 aliphatic carbocycles. The Hall–Kier alpha value is -3.07. The molecule has 1 fully saturated rings. The fourth-order valence-corrected chi connectivity index (χ4v) is 3.16. The molecule has 30 heavy (non-hydrogen) atoms. The van der Waals surface area contributed by atoms with Gasteiger partial charge in [0.2, 0.25) is 11.7 Å². The second-order valence-electron chi connectivity index (χ2n) is 6.97. The van der Waals surface area contributed by atoms with Crippen molar-refractivity contribution < 1.29 is 33.0 Å². The second kappa shape index (κ2) is 9.62. The van der Waals surface area contributed by atoms with E-state index in [1.807, 2.05) is 6.92 Å². The molecule has 162 valence electrons. The zero-order chi connectivity index (χ0) is 21.7. The summed E-state index contributed by atoms with van der Waals surface area (Å²) in [6.07, 6.45) is 0.